The summed E-state index contributed by atoms with van der Waals surface area (Å²) in [6, 6.07) is 8.34. The van der Waals surface area contributed by atoms with Crippen LogP contribution in [0.4, 0.5) is 5.82 Å². The van der Waals surface area contributed by atoms with E-state index in [1.54, 1.807) is 7.11 Å². The molecule has 6 nitrogen and oxygen atoms in total. The van der Waals surface area contributed by atoms with Gasteiger partial charge in [-0.15, -0.1) is 0 Å². The normalized spacial score (nSPS) is 15.0. The molecule has 4 rings (SSSR count). The predicted molar refractivity (Wildman–Crippen MR) is 102 cm³/mol. The Kier molecular flexibility index (Phi) is 4.51. The first-order chi connectivity index (χ1) is 12.7. The number of nitrogens with zero attached hydrogens (tertiary/aromatic N) is 4. The molecule has 1 aliphatic rings. The van der Waals surface area contributed by atoms with Gasteiger partial charge < -0.3 is 14.4 Å². The van der Waals surface area contributed by atoms with E-state index in [1.807, 2.05) is 29.0 Å². The SMILES string of the molecule is COc1ccc(C(C)C)cc1-c1cnn2c(N3CCOCC3)ccnc12. The van der Waals surface area contributed by atoms with Gasteiger partial charge in [-0.2, -0.15) is 9.61 Å². The van der Waals surface area contributed by atoms with Crippen LogP contribution in [0.3, 0.4) is 0 Å². The molecule has 0 N–H and O–H groups in total. The Hall–Kier alpha value is -2.60. The lowest BCUT2D eigenvalue weighted by Crippen LogP contribution is -2.37. The molecule has 1 fully saturated rings. The minimum absolute atomic E-state index is 0.443. The first-order valence-electron chi connectivity index (χ1n) is 9.03. The predicted octanol–water partition coefficient (Wildman–Crippen LogP) is 3.36. The second-order valence-electron chi connectivity index (χ2n) is 6.81. The summed E-state index contributed by atoms with van der Waals surface area (Å²) in [7, 11) is 1.70. The highest BCUT2D eigenvalue weighted by molar-refractivity contribution is 5.82. The fourth-order valence-electron chi connectivity index (χ4n) is 3.40. The van der Waals surface area contributed by atoms with Crippen LogP contribution >= 0.6 is 0 Å². The zero-order chi connectivity index (χ0) is 18.1. The van der Waals surface area contributed by atoms with Gasteiger partial charge in [-0.05, 0) is 29.7 Å². The zero-order valence-corrected chi connectivity index (χ0v) is 15.5. The lowest BCUT2D eigenvalue weighted by molar-refractivity contribution is 0.122. The molecule has 1 saturated heterocycles. The van der Waals surface area contributed by atoms with Gasteiger partial charge in [0.1, 0.15) is 11.6 Å². The van der Waals surface area contributed by atoms with Crippen molar-refractivity contribution < 1.29 is 9.47 Å². The molecule has 0 atom stereocenters. The van der Waals surface area contributed by atoms with Gasteiger partial charge in [-0.1, -0.05) is 19.9 Å². The van der Waals surface area contributed by atoms with Gasteiger partial charge >= 0.3 is 0 Å². The molecule has 26 heavy (non-hydrogen) atoms. The van der Waals surface area contributed by atoms with E-state index >= 15 is 0 Å². The molecule has 0 spiro atoms. The van der Waals surface area contributed by atoms with Crippen LogP contribution in [0.2, 0.25) is 0 Å². The summed E-state index contributed by atoms with van der Waals surface area (Å²) in [5, 5.41) is 4.64. The fourth-order valence-corrected chi connectivity index (χ4v) is 3.40. The van der Waals surface area contributed by atoms with E-state index < -0.39 is 0 Å². The molecular weight excluding hydrogens is 328 g/mol. The second-order valence-corrected chi connectivity index (χ2v) is 6.81. The van der Waals surface area contributed by atoms with Crippen molar-refractivity contribution in [3.63, 3.8) is 0 Å². The summed E-state index contributed by atoms with van der Waals surface area (Å²) in [6.07, 6.45) is 3.73. The van der Waals surface area contributed by atoms with Gasteiger partial charge in [0.15, 0.2) is 5.65 Å². The summed E-state index contributed by atoms with van der Waals surface area (Å²) in [5.41, 5.74) is 4.12. The van der Waals surface area contributed by atoms with Crippen LogP contribution in [-0.4, -0.2) is 48.0 Å². The van der Waals surface area contributed by atoms with Gasteiger partial charge in [-0.25, -0.2) is 4.98 Å². The Balaban J connectivity index is 1.84. The highest BCUT2D eigenvalue weighted by Gasteiger charge is 2.19. The highest BCUT2D eigenvalue weighted by atomic mass is 16.5. The van der Waals surface area contributed by atoms with Crippen LogP contribution in [0, 0.1) is 0 Å². The largest absolute Gasteiger partial charge is 0.496 e. The topological polar surface area (TPSA) is 51.9 Å². The van der Waals surface area contributed by atoms with Gasteiger partial charge in [0.25, 0.3) is 0 Å². The van der Waals surface area contributed by atoms with Gasteiger partial charge in [0, 0.05) is 24.8 Å². The number of ether oxygens (including phenoxy) is 2. The smallest absolute Gasteiger partial charge is 0.165 e. The summed E-state index contributed by atoms with van der Waals surface area (Å²) in [4.78, 5) is 6.90. The second kappa shape index (κ2) is 6.96. The Bertz CT molecular complexity index is 913. The molecule has 1 aromatic carbocycles. The van der Waals surface area contributed by atoms with Crippen molar-refractivity contribution in [2.24, 2.45) is 0 Å². The number of hydrogen-bond acceptors (Lipinski definition) is 5. The van der Waals surface area contributed by atoms with E-state index in [0.717, 1.165) is 54.6 Å². The Morgan fingerprint density at radius 1 is 1.12 bits per heavy atom. The summed E-state index contributed by atoms with van der Waals surface area (Å²) < 4.78 is 13.0. The Labute approximate surface area is 153 Å². The van der Waals surface area contributed by atoms with E-state index in [2.05, 4.69) is 41.0 Å². The van der Waals surface area contributed by atoms with Crippen molar-refractivity contribution in [1.29, 1.82) is 0 Å². The van der Waals surface area contributed by atoms with E-state index in [4.69, 9.17) is 9.47 Å². The van der Waals surface area contributed by atoms with Crippen molar-refractivity contribution >= 4 is 11.5 Å². The van der Waals surface area contributed by atoms with Crippen LogP contribution in [-0.2, 0) is 4.74 Å². The minimum atomic E-state index is 0.443. The fraction of sp³-hybridized carbons (Fsp3) is 0.400. The van der Waals surface area contributed by atoms with E-state index in [0.29, 0.717) is 5.92 Å². The van der Waals surface area contributed by atoms with Crippen molar-refractivity contribution in [3.05, 3.63) is 42.2 Å². The molecule has 136 valence electrons. The van der Waals surface area contributed by atoms with Crippen LogP contribution in [0.1, 0.15) is 25.3 Å². The summed E-state index contributed by atoms with van der Waals surface area (Å²) >= 11 is 0. The van der Waals surface area contributed by atoms with Gasteiger partial charge in [-0.3, -0.25) is 0 Å². The standard InChI is InChI=1S/C20H24N4O2/c1-14(2)15-4-5-18(25-3)16(12-15)17-13-22-24-19(6-7-21-20(17)24)23-8-10-26-11-9-23/h4-7,12-14H,8-11H2,1-3H3. The van der Waals surface area contributed by atoms with Crippen LogP contribution in [0.15, 0.2) is 36.7 Å². The average Bonchev–Trinajstić information content (AvgIpc) is 3.12. The molecule has 3 heterocycles. The third-order valence-electron chi connectivity index (χ3n) is 4.90. The number of aromatic nitrogens is 3. The molecular formula is C20H24N4O2. The third kappa shape index (κ3) is 2.90. The van der Waals surface area contributed by atoms with Crippen molar-refractivity contribution in [2.45, 2.75) is 19.8 Å². The molecule has 3 aromatic rings. The third-order valence-corrected chi connectivity index (χ3v) is 4.90. The first kappa shape index (κ1) is 16.8. The Morgan fingerprint density at radius 3 is 2.65 bits per heavy atom. The van der Waals surface area contributed by atoms with Crippen LogP contribution in [0.5, 0.6) is 5.75 Å². The number of rotatable bonds is 4. The lowest BCUT2D eigenvalue weighted by Gasteiger charge is -2.28. The molecule has 0 bridgehead atoms. The van der Waals surface area contributed by atoms with E-state index in [-0.39, 0.29) is 0 Å². The maximum atomic E-state index is 5.61. The van der Waals surface area contributed by atoms with Gasteiger partial charge in [0.2, 0.25) is 0 Å². The number of benzene rings is 1. The average molecular weight is 352 g/mol. The lowest BCUT2D eigenvalue weighted by atomic mass is 9.97. The van der Waals surface area contributed by atoms with E-state index in [1.165, 1.54) is 5.56 Å². The number of anilines is 1. The number of hydrogen-bond donors (Lipinski definition) is 0. The molecule has 0 amide bonds. The maximum Gasteiger partial charge on any atom is 0.165 e. The molecule has 2 aromatic heterocycles. The van der Waals surface area contributed by atoms with Crippen LogP contribution in [0.25, 0.3) is 16.8 Å². The van der Waals surface area contributed by atoms with Crippen molar-refractivity contribution in [2.75, 3.05) is 38.3 Å². The molecule has 0 aliphatic carbocycles. The molecule has 0 radical (unpaired) electrons. The molecule has 0 saturated carbocycles. The quantitative estimate of drug-likeness (QED) is 0.721. The van der Waals surface area contributed by atoms with Gasteiger partial charge in [0.05, 0.1) is 32.1 Å². The van der Waals surface area contributed by atoms with Crippen molar-refractivity contribution in [3.8, 4) is 16.9 Å². The molecule has 6 heteroatoms. The number of morpholine rings is 1. The zero-order valence-electron chi connectivity index (χ0n) is 15.5. The molecule has 0 unspecified atom stereocenters. The minimum Gasteiger partial charge on any atom is -0.496 e. The maximum absolute atomic E-state index is 5.61. The van der Waals surface area contributed by atoms with Crippen LogP contribution < -0.4 is 9.64 Å². The highest BCUT2D eigenvalue weighted by Crippen LogP contribution is 2.35. The van der Waals surface area contributed by atoms with Crippen molar-refractivity contribution in [1.82, 2.24) is 14.6 Å². The summed E-state index contributed by atoms with van der Waals surface area (Å²) in [5.74, 6) is 2.32. The molecule has 1 aliphatic heterocycles. The monoisotopic (exact) mass is 352 g/mol. The Morgan fingerprint density at radius 2 is 1.92 bits per heavy atom. The van der Waals surface area contributed by atoms with E-state index in [9.17, 15) is 0 Å². The summed E-state index contributed by atoms with van der Waals surface area (Å²) in [6.45, 7) is 7.58. The number of methoxy groups -OCH3 is 1. The first-order valence-corrected chi connectivity index (χ1v) is 9.03. The number of fused-ring (bicyclic) bond motifs is 1.